The molecular formula is C11H13BCl2O2. The predicted molar refractivity (Wildman–Crippen MR) is 68.2 cm³/mol. The zero-order valence-electron chi connectivity index (χ0n) is 8.83. The summed E-state index contributed by atoms with van der Waals surface area (Å²) in [5, 5.41) is 10.8. The first-order chi connectivity index (χ1) is 7.65. The summed E-state index contributed by atoms with van der Waals surface area (Å²) in [6, 6.07) is 5.13. The Kier molecular flexibility index (Phi) is 4.01. The number of hydrogen-bond acceptors (Lipinski definition) is 2. The zero-order valence-corrected chi connectivity index (χ0v) is 10.3. The zero-order chi connectivity index (χ0) is 11.5. The number of aliphatic hydroxyl groups is 1. The van der Waals surface area contributed by atoms with E-state index >= 15 is 0 Å². The Morgan fingerprint density at radius 3 is 2.50 bits per heavy atom. The molecule has 86 valence electrons. The van der Waals surface area contributed by atoms with Crippen LogP contribution in [0.5, 0.6) is 5.75 Å². The summed E-state index contributed by atoms with van der Waals surface area (Å²) in [5.74, 6) is 0.898. The Morgan fingerprint density at radius 2 is 1.94 bits per heavy atom. The van der Waals surface area contributed by atoms with Crippen molar-refractivity contribution in [3.63, 3.8) is 0 Å². The highest BCUT2D eigenvalue weighted by Gasteiger charge is 2.26. The fraction of sp³-hybridized carbons (Fsp3) is 0.455. The van der Waals surface area contributed by atoms with Crippen molar-refractivity contribution in [2.45, 2.75) is 18.7 Å². The van der Waals surface area contributed by atoms with Crippen molar-refractivity contribution in [1.29, 1.82) is 0 Å². The summed E-state index contributed by atoms with van der Waals surface area (Å²) in [5.41, 5.74) is 0. The molecule has 16 heavy (non-hydrogen) atoms. The van der Waals surface area contributed by atoms with Gasteiger partial charge in [-0.25, -0.2) is 0 Å². The molecule has 1 aromatic rings. The minimum Gasteiger partial charge on any atom is -0.493 e. The molecule has 2 rings (SSSR count). The molecule has 1 saturated heterocycles. The van der Waals surface area contributed by atoms with Gasteiger partial charge in [-0.2, -0.15) is 0 Å². The first kappa shape index (κ1) is 12.1. The molecule has 2 nitrogen and oxygen atoms in total. The normalized spacial score (nSPS) is 24.2. The molecule has 0 unspecified atom stereocenters. The lowest BCUT2D eigenvalue weighted by atomic mass is 9.76. The average molecular weight is 259 g/mol. The van der Waals surface area contributed by atoms with Crippen LogP contribution in [0.25, 0.3) is 0 Å². The van der Waals surface area contributed by atoms with E-state index in [9.17, 15) is 5.11 Å². The second-order valence-corrected chi connectivity index (χ2v) is 5.05. The summed E-state index contributed by atoms with van der Waals surface area (Å²) in [6.45, 7) is 0.526. The number of rotatable bonds is 3. The third kappa shape index (κ3) is 3.06. The maximum Gasteiger partial charge on any atom is 0.124 e. The van der Waals surface area contributed by atoms with Gasteiger partial charge in [0.05, 0.1) is 12.7 Å². The second kappa shape index (κ2) is 5.30. The van der Waals surface area contributed by atoms with Crippen molar-refractivity contribution >= 4 is 30.5 Å². The van der Waals surface area contributed by atoms with Gasteiger partial charge >= 0.3 is 0 Å². The van der Waals surface area contributed by atoms with Crippen LogP contribution in [0.2, 0.25) is 22.7 Å². The van der Waals surface area contributed by atoms with E-state index in [0.717, 1.165) is 19.9 Å². The van der Waals surface area contributed by atoms with Crippen LogP contribution >= 0.6 is 23.2 Å². The van der Waals surface area contributed by atoms with Gasteiger partial charge in [0.2, 0.25) is 0 Å². The van der Waals surface area contributed by atoms with Crippen LogP contribution in [0.15, 0.2) is 18.2 Å². The lowest BCUT2D eigenvalue weighted by molar-refractivity contribution is 0.110. The molecule has 1 aromatic carbocycles. The van der Waals surface area contributed by atoms with Crippen LogP contribution in [0.1, 0.15) is 0 Å². The van der Waals surface area contributed by atoms with Crippen LogP contribution in [-0.4, -0.2) is 25.1 Å². The third-order valence-corrected chi connectivity index (χ3v) is 3.36. The Bertz CT molecular complexity index is 353. The molecule has 1 fully saturated rings. The van der Waals surface area contributed by atoms with Gasteiger partial charge in [0.25, 0.3) is 0 Å². The van der Waals surface area contributed by atoms with E-state index in [-0.39, 0.29) is 12.0 Å². The Hall–Kier alpha value is -0.375. The van der Waals surface area contributed by atoms with E-state index in [1.54, 1.807) is 18.2 Å². The molecule has 0 aliphatic carbocycles. The number of hydrogen-bond donors (Lipinski definition) is 1. The van der Waals surface area contributed by atoms with Crippen LogP contribution < -0.4 is 4.74 Å². The molecule has 1 aliphatic rings. The molecule has 5 heteroatoms. The molecule has 1 N–H and O–H groups in total. The summed E-state index contributed by atoms with van der Waals surface area (Å²) in [7, 11) is 1.07. The molecule has 1 aliphatic heterocycles. The fourth-order valence-corrected chi connectivity index (χ4v) is 2.53. The molecule has 0 amide bonds. The van der Waals surface area contributed by atoms with E-state index in [4.69, 9.17) is 27.9 Å². The maximum absolute atomic E-state index is 9.64. The quantitative estimate of drug-likeness (QED) is 0.845. The highest BCUT2D eigenvalue weighted by molar-refractivity contribution is 6.37. The van der Waals surface area contributed by atoms with Crippen molar-refractivity contribution in [1.82, 2.24) is 0 Å². The third-order valence-electron chi connectivity index (χ3n) is 2.92. The van der Waals surface area contributed by atoms with Crippen LogP contribution in [0, 0.1) is 5.92 Å². The summed E-state index contributed by atoms with van der Waals surface area (Å²) < 4.78 is 5.59. The minimum absolute atomic E-state index is 0.227. The van der Waals surface area contributed by atoms with Gasteiger partial charge < -0.3 is 9.84 Å². The molecule has 0 spiro atoms. The minimum atomic E-state index is -0.227. The van der Waals surface area contributed by atoms with Crippen molar-refractivity contribution in [3.8, 4) is 5.75 Å². The summed E-state index contributed by atoms with van der Waals surface area (Å²) >= 11 is 11.7. The molecule has 0 radical (unpaired) electrons. The van der Waals surface area contributed by atoms with Crippen molar-refractivity contribution in [2.24, 2.45) is 5.92 Å². The topological polar surface area (TPSA) is 29.5 Å². The molecular weight excluding hydrogens is 246 g/mol. The SMILES string of the molecule is O[C@@H]1CBC[C@H]1COc1cc(Cl)cc(Cl)c1. The van der Waals surface area contributed by atoms with E-state index in [0.29, 0.717) is 22.4 Å². The van der Waals surface area contributed by atoms with Gasteiger partial charge in [-0.1, -0.05) is 35.8 Å². The van der Waals surface area contributed by atoms with Gasteiger partial charge in [-0.05, 0) is 18.2 Å². The Morgan fingerprint density at radius 1 is 1.25 bits per heavy atom. The lowest BCUT2D eigenvalue weighted by Gasteiger charge is -2.16. The Balaban J connectivity index is 1.94. The monoisotopic (exact) mass is 258 g/mol. The van der Waals surface area contributed by atoms with Crippen molar-refractivity contribution < 1.29 is 9.84 Å². The number of aliphatic hydroxyl groups excluding tert-OH is 1. The predicted octanol–water partition coefficient (Wildman–Crippen LogP) is 2.64. The van der Waals surface area contributed by atoms with E-state index in [1.165, 1.54) is 0 Å². The average Bonchev–Trinajstić information content (AvgIpc) is 2.59. The molecule has 1 heterocycles. The molecule has 0 bridgehead atoms. The van der Waals surface area contributed by atoms with Gasteiger partial charge in [-0.3, -0.25) is 0 Å². The van der Waals surface area contributed by atoms with E-state index < -0.39 is 0 Å². The molecule has 0 aromatic heterocycles. The van der Waals surface area contributed by atoms with Crippen molar-refractivity contribution in [2.75, 3.05) is 6.61 Å². The number of ether oxygens (including phenoxy) is 1. The van der Waals surface area contributed by atoms with Gasteiger partial charge in [0.15, 0.2) is 0 Å². The van der Waals surface area contributed by atoms with Crippen LogP contribution in [0.3, 0.4) is 0 Å². The van der Waals surface area contributed by atoms with Crippen LogP contribution in [0.4, 0.5) is 0 Å². The van der Waals surface area contributed by atoms with E-state index in [2.05, 4.69) is 0 Å². The van der Waals surface area contributed by atoms with Crippen LogP contribution in [-0.2, 0) is 0 Å². The summed E-state index contributed by atoms with van der Waals surface area (Å²) in [4.78, 5) is 0. The first-order valence-corrected chi connectivity index (χ1v) is 6.18. The van der Waals surface area contributed by atoms with Gasteiger partial charge in [0, 0.05) is 16.0 Å². The highest BCUT2D eigenvalue weighted by Crippen LogP contribution is 2.27. The fourth-order valence-electron chi connectivity index (χ4n) is 2.03. The lowest BCUT2D eigenvalue weighted by Crippen LogP contribution is -2.19. The van der Waals surface area contributed by atoms with Gasteiger partial charge in [0.1, 0.15) is 13.0 Å². The maximum atomic E-state index is 9.64. The highest BCUT2D eigenvalue weighted by atomic mass is 35.5. The molecule has 2 atom stereocenters. The standard InChI is InChI=1S/C11H13BCl2O2/c13-8-1-9(14)3-10(2-8)16-6-7-4-12-5-11(7)15/h1-3,7,11-12,15H,4-6H2/t7-,11+/m0/s1. The first-order valence-electron chi connectivity index (χ1n) is 5.42. The number of benzene rings is 1. The van der Waals surface area contributed by atoms with Crippen molar-refractivity contribution in [3.05, 3.63) is 28.2 Å². The molecule has 0 saturated carbocycles. The Labute approximate surface area is 106 Å². The summed E-state index contributed by atoms with van der Waals surface area (Å²) in [6.07, 6.45) is 1.68. The second-order valence-electron chi connectivity index (χ2n) is 4.17. The number of halogens is 2. The van der Waals surface area contributed by atoms with Gasteiger partial charge in [-0.15, -0.1) is 0 Å². The van der Waals surface area contributed by atoms with E-state index in [1.807, 2.05) is 0 Å². The largest absolute Gasteiger partial charge is 0.493 e. The smallest absolute Gasteiger partial charge is 0.124 e.